The SMILES string of the molecule is O=C(NCCc1cnccn1)[C@H]1CNC[C@@H](C(=O)N2CCOCC2)C1. The summed E-state index contributed by atoms with van der Waals surface area (Å²) in [5.41, 5.74) is 0.852. The molecule has 3 heterocycles. The molecule has 8 heteroatoms. The van der Waals surface area contributed by atoms with E-state index in [1.807, 2.05) is 4.90 Å². The van der Waals surface area contributed by atoms with E-state index in [0.29, 0.717) is 58.8 Å². The summed E-state index contributed by atoms with van der Waals surface area (Å²) in [6.45, 7) is 4.25. The highest BCUT2D eigenvalue weighted by atomic mass is 16.5. The van der Waals surface area contributed by atoms with Gasteiger partial charge in [-0.15, -0.1) is 0 Å². The van der Waals surface area contributed by atoms with E-state index in [1.165, 1.54) is 0 Å². The first-order chi connectivity index (χ1) is 12.2. The molecular weight excluding hydrogens is 322 g/mol. The minimum absolute atomic E-state index is 0.00383. The Bertz CT molecular complexity index is 577. The predicted molar refractivity (Wildman–Crippen MR) is 90.6 cm³/mol. The number of aromatic nitrogens is 2. The molecule has 2 amide bonds. The Morgan fingerprint density at radius 1 is 1.24 bits per heavy atom. The zero-order chi connectivity index (χ0) is 17.5. The van der Waals surface area contributed by atoms with Gasteiger partial charge in [-0.2, -0.15) is 0 Å². The Kier molecular flexibility index (Phi) is 6.30. The molecule has 2 aliphatic heterocycles. The van der Waals surface area contributed by atoms with Crippen LogP contribution in [0.5, 0.6) is 0 Å². The van der Waals surface area contributed by atoms with Crippen LogP contribution in [0.15, 0.2) is 18.6 Å². The lowest BCUT2D eigenvalue weighted by Crippen LogP contribution is -2.51. The summed E-state index contributed by atoms with van der Waals surface area (Å²) in [7, 11) is 0. The van der Waals surface area contributed by atoms with Crippen LogP contribution in [0.4, 0.5) is 0 Å². The standard InChI is InChI=1S/C17H25N5O3/c23-16(21-2-1-15-12-18-3-4-20-15)13-9-14(11-19-10-13)17(24)22-5-7-25-8-6-22/h3-4,12-14,19H,1-2,5-11H2,(H,21,23)/t13-,14+/m1/s1. The Hall–Kier alpha value is -2.06. The molecule has 0 bridgehead atoms. The number of amides is 2. The molecule has 1 aromatic rings. The van der Waals surface area contributed by atoms with Gasteiger partial charge in [0.05, 0.1) is 30.7 Å². The van der Waals surface area contributed by atoms with Gasteiger partial charge in [0.15, 0.2) is 0 Å². The van der Waals surface area contributed by atoms with Crippen molar-refractivity contribution >= 4 is 11.8 Å². The lowest BCUT2D eigenvalue weighted by Gasteiger charge is -2.34. The van der Waals surface area contributed by atoms with Gasteiger partial charge in [-0.05, 0) is 6.42 Å². The second kappa shape index (κ2) is 8.87. The molecule has 1 aromatic heterocycles. The minimum Gasteiger partial charge on any atom is -0.378 e. The number of morpholine rings is 1. The van der Waals surface area contributed by atoms with Crippen molar-refractivity contribution < 1.29 is 14.3 Å². The number of hydrogen-bond donors (Lipinski definition) is 2. The maximum Gasteiger partial charge on any atom is 0.227 e. The molecule has 0 aliphatic carbocycles. The molecule has 25 heavy (non-hydrogen) atoms. The third-order valence-corrected chi connectivity index (χ3v) is 4.69. The first kappa shape index (κ1) is 17.8. The van der Waals surface area contributed by atoms with Crippen LogP contribution in [0.1, 0.15) is 12.1 Å². The Morgan fingerprint density at radius 2 is 2.04 bits per heavy atom. The van der Waals surface area contributed by atoms with Crippen LogP contribution in [-0.2, 0) is 20.7 Å². The second-order valence-corrected chi connectivity index (χ2v) is 6.46. The summed E-state index contributed by atoms with van der Waals surface area (Å²) in [4.78, 5) is 35.1. The predicted octanol–water partition coefficient (Wildman–Crippen LogP) is -0.780. The summed E-state index contributed by atoms with van der Waals surface area (Å²) in [6, 6.07) is 0. The lowest BCUT2D eigenvalue weighted by molar-refractivity contribution is -0.141. The molecule has 136 valence electrons. The minimum atomic E-state index is -0.175. The monoisotopic (exact) mass is 347 g/mol. The van der Waals surface area contributed by atoms with E-state index >= 15 is 0 Å². The molecule has 2 atom stereocenters. The van der Waals surface area contributed by atoms with Crippen LogP contribution >= 0.6 is 0 Å². The van der Waals surface area contributed by atoms with Gasteiger partial charge in [0.1, 0.15) is 0 Å². The van der Waals surface area contributed by atoms with Gasteiger partial charge in [0, 0.05) is 57.7 Å². The number of carbonyl (C=O) groups is 2. The van der Waals surface area contributed by atoms with Crippen molar-refractivity contribution in [1.82, 2.24) is 25.5 Å². The van der Waals surface area contributed by atoms with Gasteiger partial charge < -0.3 is 20.3 Å². The summed E-state index contributed by atoms with van der Waals surface area (Å²) in [5, 5.41) is 6.18. The van der Waals surface area contributed by atoms with E-state index in [4.69, 9.17) is 4.74 Å². The number of piperidine rings is 1. The van der Waals surface area contributed by atoms with E-state index in [9.17, 15) is 9.59 Å². The van der Waals surface area contributed by atoms with Crippen LogP contribution in [0.2, 0.25) is 0 Å². The van der Waals surface area contributed by atoms with Gasteiger partial charge in [-0.3, -0.25) is 19.6 Å². The van der Waals surface area contributed by atoms with Gasteiger partial charge in [0.2, 0.25) is 11.8 Å². The number of nitrogens with zero attached hydrogens (tertiary/aromatic N) is 3. The van der Waals surface area contributed by atoms with Crippen molar-refractivity contribution in [2.24, 2.45) is 11.8 Å². The maximum atomic E-state index is 12.6. The Labute approximate surface area is 147 Å². The highest BCUT2D eigenvalue weighted by Crippen LogP contribution is 2.19. The van der Waals surface area contributed by atoms with Crippen LogP contribution < -0.4 is 10.6 Å². The number of nitrogens with one attached hydrogen (secondary N) is 2. The van der Waals surface area contributed by atoms with Gasteiger partial charge in [-0.1, -0.05) is 0 Å². The van der Waals surface area contributed by atoms with Gasteiger partial charge >= 0.3 is 0 Å². The number of rotatable bonds is 5. The van der Waals surface area contributed by atoms with Crippen LogP contribution in [0.25, 0.3) is 0 Å². The highest BCUT2D eigenvalue weighted by Gasteiger charge is 2.33. The first-order valence-corrected chi connectivity index (χ1v) is 8.84. The molecule has 2 fully saturated rings. The quantitative estimate of drug-likeness (QED) is 0.725. The molecule has 8 nitrogen and oxygen atoms in total. The van der Waals surface area contributed by atoms with E-state index in [2.05, 4.69) is 20.6 Å². The number of ether oxygens (including phenoxy) is 1. The fourth-order valence-corrected chi connectivity index (χ4v) is 3.29. The fourth-order valence-electron chi connectivity index (χ4n) is 3.29. The molecule has 0 radical (unpaired) electrons. The normalized spacial score (nSPS) is 23.9. The molecule has 0 spiro atoms. The zero-order valence-electron chi connectivity index (χ0n) is 14.3. The van der Waals surface area contributed by atoms with Crippen molar-refractivity contribution in [2.45, 2.75) is 12.8 Å². The first-order valence-electron chi connectivity index (χ1n) is 8.84. The highest BCUT2D eigenvalue weighted by molar-refractivity contribution is 5.83. The average Bonchev–Trinajstić information content (AvgIpc) is 2.69. The molecule has 0 aromatic carbocycles. The topological polar surface area (TPSA) is 96.4 Å². The van der Waals surface area contributed by atoms with Crippen molar-refractivity contribution in [2.75, 3.05) is 45.9 Å². The molecule has 3 rings (SSSR count). The van der Waals surface area contributed by atoms with Crippen molar-refractivity contribution in [3.05, 3.63) is 24.3 Å². The molecule has 0 saturated carbocycles. The Balaban J connectivity index is 1.45. The third kappa shape index (κ3) is 4.96. The fraction of sp³-hybridized carbons (Fsp3) is 0.647. The van der Waals surface area contributed by atoms with E-state index in [-0.39, 0.29) is 23.7 Å². The van der Waals surface area contributed by atoms with E-state index < -0.39 is 0 Å². The molecule has 2 aliphatic rings. The smallest absolute Gasteiger partial charge is 0.227 e. The molecule has 2 N–H and O–H groups in total. The summed E-state index contributed by atoms with van der Waals surface area (Å²) < 4.78 is 5.29. The van der Waals surface area contributed by atoms with Crippen LogP contribution in [-0.4, -0.2) is 72.6 Å². The molecular formula is C17H25N5O3. The summed E-state index contributed by atoms with van der Waals surface area (Å²) in [5.74, 6) is -0.183. The Morgan fingerprint density at radius 3 is 2.80 bits per heavy atom. The maximum absolute atomic E-state index is 12.6. The van der Waals surface area contributed by atoms with Crippen LogP contribution in [0.3, 0.4) is 0 Å². The second-order valence-electron chi connectivity index (χ2n) is 6.46. The largest absolute Gasteiger partial charge is 0.378 e. The third-order valence-electron chi connectivity index (χ3n) is 4.69. The average molecular weight is 347 g/mol. The van der Waals surface area contributed by atoms with E-state index in [1.54, 1.807) is 18.6 Å². The number of hydrogen-bond acceptors (Lipinski definition) is 6. The molecule has 0 unspecified atom stereocenters. The summed E-state index contributed by atoms with van der Waals surface area (Å²) >= 11 is 0. The summed E-state index contributed by atoms with van der Waals surface area (Å²) in [6.07, 6.45) is 6.22. The van der Waals surface area contributed by atoms with Crippen molar-refractivity contribution in [1.29, 1.82) is 0 Å². The van der Waals surface area contributed by atoms with Crippen LogP contribution in [0, 0.1) is 11.8 Å². The van der Waals surface area contributed by atoms with E-state index in [0.717, 1.165) is 5.69 Å². The van der Waals surface area contributed by atoms with Gasteiger partial charge in [-0.25, -0.2) is 0 Å². The zero-order valence-corrected chi connectivity index (χ0v) is 14.3. The van der Waals surface area contributed by atoms with Crippen molar-refractivity contribution in [3.63, 3.8) is 0 Å². The van der Waals surface area contributed by atoms with Crippen molar-refractivity contribution in [3.8, 4) is 0 Å². The lowest BCUT2D eigenvalue weighted by atomic mass is 9.88. The molecule has 2 saturated heterocycles. The number of carbonyl (C=O) groups excluding carboxylic acids is 2. The van der Waals surface area contributed by atoms with Gasteiger partial charge in [0.25, 0.3) is 0 Å².